The fourth-order valence-electron chi connectivity index (χ4n) is 3.72. The molecule has 1 heterocycles. The lowest BCUT2D eigenvalue weighted by Crippen LogP contribution is -2.41. The Morgan fingerprint density at radius 2 is 1.59 bits per heavy atom. The summed E-state index contributed by atoms with van der Waals surface area (Å²) in [5, 5.41) is 0. The Balaban J connectivity index is 1.80. The maximum atomic E-state index is 2.63. The van der Waals surface area contributed by atoms with Crippen molar-refractivity contribution >= 4 is 17.8 Å². The van der Waals surface area contributed by atoms with Crippen molar-refractivity contribution in [1.29, 1.82) is 0 Å². The van der Waals surface area contributed by atoms with E-state index in [0.717, 1.165) is 12.5 Å². The third-order valence-electron chi connectivity index (χ3n) is 5.41. The number of anilines is 1. The Morgan fingerprint density at radius 1 is 0.909 bits per heavy atom. The van der Waals surface area contributed by atoms with Gasteiger partial charge in [0.2, 0.25) is 0 Å². The van der Waals surface area contributed by atoms with Crippen molar-refractivity contribution in [2.75, 3.05) is 4.90 Å². The van der Waals surface area contributed by atoms with E-state index < -0.39 is 0 Å². The van der Waals surface area contributed by atoms with Crippen LogP contribution in [0, 0.1) is 5.92 Å². The Labute approximate surface area is 133 Å². The van der Waals surface area contributed by atoms with Crippen LogP contribution in [0.2, 0.25) is 0 Å². The number of benzene rings is 2. The van der Waals surface area contributed by atoms with Crippen LogP contribution in [0.1, 0.15) is 42.9 Å². The van der Waals surface area contributed by atoms with E-state index in [-0.39, 0.29) is 0 Å². The summed E-state index contributed by atoms with van der Waals surface area (Å²) in [6, 6.07) is 18.2. The van der Waals surface area contributed by atoms with Gasteiger partial charge in [-0.15, -0.1) is 0 Å². The zero-order chi connectivity index (χ0) is 14.9. The molecule has 22 heavy (non-hydrogen) atoms. The van der Waals surface area contributed by atoms with E-state index in [1.165, 1.54) is 41.6 Å². The molecule has 0 spiro atoms. The monoisotopic (exact) mass is 289 g/mol. The molecule has 112 valence electrons. The van der Waals surface area contributed by atoms with Gasteiger partial charge in [0.15, 0.2) is 0 Å². The van der Waals surface area contributed by atoms with Gasteiger partial charge in [-0.05, 0) is 48.4 Å². The average Bonchev–Trinajstić information content (AvgIpc) is 2.48. The van der Waals surface area contributed by atoms with Gasteiger partial charge < -0.3 is 4.90 Å². The van der Waals surface area contributed by atoms with Crippen molar-refractivity contribution in [1.82, 2.24) is 0 Å². The first-order valence-electron chi connectivity index (χ1n) is 8.44. The van der Waals surface area contributed by atoms with Crippen molar-refractivity contribution in [3.8, 4) is 0 Å². The van der Waals surface area contributed by atoms with Crippen LogP contribution in [0.4, 0.5) is 5.69 Å². The number of rotatable bonds is 2. The lowest BCUT2D eigenvalue weighted by molar-refractivity contribution is 0.262. The molecule has 4 rings (SSSR count). The number of fused-ring (bicyclic) bond motifs is 2. The maximum Gasteiger partial charge on any atom is 0.0445 e. The zero-order valence-corrected chi connectivity index (χ0v) is 13.2. The second kappa shape index (κ2) is 5.64. The second-order valence-electron chi connectivity index (χ2n) is 6.65. The van der Waals surface area contributed by atoms with Crippen LogP contribution in [-0.4, -0.2) is 6.04 Å². The minimum Gasteiger partial charge on any atom is -0.364 e. The first kappa shape index (κ1) is 13.6. The Bertz CT molecular complexity index is 697. The molecule has 1 fully saturated rings. The summed E-state index contributed by atoms with van der Waals surface area (Å²) in [4.78, 5) is 2.63. The topological polar surface area (TPSA) is 3.24 Å². The third-order valence-corrected chi connectivity index (χ3v) is 5.41. The molecule has 1 aliphatic heterocycles. The summed E-state index contributed by atoms with van der Waals surface area (Å²) < 4.78 is 0. The molecule has 2 aromatic carbocycles. The van der Waals surface area contributed by atoms with Crippen molar-refractivity contribution in [2.45, 2.75) is 38.8 Å². The maximum absolute atomic E-state index is 2.63. The molecule has 2 aliphatic rings. The lowest BCUT2D eigenvalue weighted by Gasteiger charge is -2.42. The highest BCUT2D eigenvalue weighted by Gasteiger charge is 2.30. The summed E-state index contributed by atoms with van der Waals surface area (Å²) in [6.07, 6.45) is 8.71. The Morgan fingerprint density at radius 3 is 2.36 bits per heavy atom. The first-order valence-corrected chi connectivity index (χ1v) is 8.44. The highest BCUT2D eigenvalue weighted by molar-refractivity contribution is 5.79. The lowest BCUT2D eigenvalue weighted by atomic mass is 9.79. The fourth-order valence-corrected chi connectivity index (χ4v) is 3.72. The Hall–Kier alpha value is -2.02. The van der Waals surface area contributed by atoms with Crippen LogP contribution in [-0.2, 0) is 6.54 Å². The molecular weight excluding hydrogens is 266 g/mol. The third kappa shape index (κ3) is 2.35. The van der Waals surface area contributed by atoms with Gasteiger partial charge in [0.25, 0.3) is 0 Å². The van der Waals surface area contributed by atoms with E-state index in [9.17, 15) is 0 Å². The van der Waals surface area contributed by atoms with Gasteiger partial charge in [0.1, 0.15) is 0 Å². The van der Waals surface area contributed by atoms with Gasteiger partial charge in [0.05, 0.1) is 0 Å². The first-order chi connectivity index (χ1) is 10.8. The van der Waals surface area contributed by atoms with Crippen molar-refractivity contribution in [3.63, 3.8) is 0 Å². The summed E-state index contributed by atoms with van der Waals surface area (Å²) in [7, 11) is 0. The summed E-state index contributed by atoms with van der Waals surface area (Å²) in [5.74, 6) is 0.851. The van der Waals surface area contributed by atoms with Crippen molar-refractivity contribution < 1.29 is 0 Å². The van der Waals surface area contributed by atoms with Gasteiger partial charge in [-0.2, -0.15) is 0 Å². The van der Waals surface area contributed by atoms with Gasteiger partial charge in [-0.3, -0.25) is 0 Å². The highest BCUT2D eigenvalue weighted by Crippen LogP contribution is 2.37. The van der Waals surface area contributed by atoms with Crippen LogP contribution in [0.5, 0.6) is 0 Å². The van der Waals surface area contributed by atoms with Gasteiger partial charge in [-0.1, -0.05) is 61.0 Å². The summed E-state index contributed by atoms with van der Waals surface area (Å²) >= 11 is 0. The average molecular weight is 289 g/mol. The standard InChI is InChI=1S/C21H23N/c1-16(17-10-6-11-17)22-15-20-9-3-2-7-18(20)13-14-19-8-4-5-12-21(19)22/h2-5,7-9,12-14,16-17H,6,10-11,15H2,1H3/b14-13-. The van der Waals surface area contributed by atoms with E-state index >= 15 is 0 Å². The number of hydrogen-bond donors (Lipinski definition) is 0. The summed E-state index contributed by atoms with van der Waals surface area (Å²) in [6.45, 7) is 3.42. The predicted octanol–water partition coefficient (Wildman–Crippen LogP) is 5.37. The molecule has 1 unspecified atom stereocenters. The second-order valence-corrected chi connectivity index (χ2v) is 6.65. The number of nitrogens with zero attached hydrogens (tertiary/aromatic N) is 1. The normalized spacial score (nSPS) is 20.1. The minimum absolute atomic E-state index is 0.606. The summed E-state index contributed by atoms with van der Waals surface area (Å²) in [5.41, 5.74) is 5.50. The van der Waals surface area contributed by atoms with Crippen LogP contribution >= 0.6 is 0 Å². The molecule has 0 aromatic heterocycles. The Kier molecular flexibility index (Phi) is 3.49. The molecule has 0 N–H and O–H groups in total. The molecule has 2 aromatic rings. The molecule has 1 aliphatic carbocycles. The predicted molar refractivity (Wildman–Crippen MR) is 94.8 cm³/mol. The van der Waals surface area contributed by atoms with E-state index in [1.807, 2.05) is 0 Å². The minimum atomic E-state index is 0.606. The zero-order valence-electron chi connectivity index (χ0n) is 13.2. The quantitative estimate of drug-likeness (QED) is 0.719. The van der Waals surface area contributed by atoms with E-state index in [1.54, 1.807) is 0 Å². The molecule has 0 bridgehead atoms. The van der Waals surface area contributed by atoms with Crippen LogP contribution in [0.15, 0.2) is 48.5 Å². The molecular formula is C21H23N. The highest BCUT2D eigenvalue weighted by atomic mass is 15.2. The van der Waals surface area contributed by atoms with E-state index in [4.69, 9.17) is 0 Å². The molecule has 1 atom stereocenters. The van der Waals surface area contributed by atoms with Crippen LogP contribution in [0.25, 0.3) is 12.2 Å². The van der Waals surface area contributed by atoms with Crippen molar-refractivity contribution in [3.05, 3.63) is 65.2 Å². The largest absolute Gasteiger partial charge is 0.364 e. The fraction of sp³-hybridized carbons (Fsp3) is 0.333. The number of hydrogen-bond acceptors (Lipinski definition) is 1. The van der Waals surface area contributed by atoms with Gasteiger partial charge in [0, 0.05) is 18.3 Å². The molecule has 1 heteroatoms. The SMILES string of the molecule is CC(C1CCC1)N1Cc2ccccc2/C=C\c2ccccc21. The molecule has 0 saturated heterocycles. The van der Waals surface area contributed by atoms with Crippen LogP contribution < -0.4 is 4.90 Å². The molecule has 0 radical (unpaired) electrons. The molecule has 1 nitrogen and oxygen atoms in total. The smallest absolute Gasteiger partial charge is 0.0445 e. The van der Waals surface area contributed by atoms with Crippen LogP contribution in [0.3, 0.4) is 0 Å². The van der Waals surface area contributed by atoms with Gasteiger partial charge in [-0.25, -0.2) is 0 Å². The molecule has 0 amide bonds. The number of para-hydroxylation sites is 1. The molecule has 1 saturated carbocycles. The van der Waals surface area contributed by atoms with Gasteiger partial charge >= 0.3 is 0 Å². The van der Waals surface area contributed by atoms with Crippen molar-refractivity contribution in [2.24, 2.45) is 5.92 Å². The van der Waals surface area contributed by atoms with E-state index in [0.29, 0.717) is 6.04 Å². The van der Waals surface area contributed by atoms with E-state index in [2.05, 4.69) is 72.5 Å².